The van der Waals surface area contributed by atoms with Crippen LogP contribution in [-0.4, -0.2) is 23.0 Å². The Morgan fingerprint density at radius 2 is 1.39 bits per heavy atom. The maximum atomic E-state index is 12.7. The number of carboxylic acids is 1. The summed E-state index contributed by atoms with van der Waals surface area (Å²) in [5.41, 5.74) is 0.365. The minimum Gasteiger partial charge on any atom is -0.480 e. The van der Waals surface area contributed by atoms with Crippen molar-refractivity contribution in [2.75, 3.05) is 0 Å². The Balaban J connectivity index is 1.58. The molecule has 0 aliphatic carbocycles. The Morgan fingerprint density at radius 1 is 0.848 bits per heavy atom. The van der Waals surface area contributed by atoms with E-state index in [4.69, 9.17) is 0 Å². The van der Waals surface area contributed by atoms with Crippen molar-refractivity contribution in [1.82, 2.24) is 5.32 Å². The summed E-state index contributed by atoms with van der Waals surface area (Å²) >= 11 is 0. The molecule has 0 aromatic heterocycles. The number of hydrogen-bond acceptors (Lipinski definition) is 2. The molecule has 0 radical (unpaired) electrons. The standard InChI is InChI=1S/C26H20F3NO3/c27-26(28,29)19-11-9-16(10-12-19)13-24(31)30-23(25(32)33)15-22-20-7-3-1-5-17(20)14-18-6-2-4-8-21(18)22/h1-12,14,23H,13,15H2,(H,30,31)(H,32,33)/t23-/m0/s1. The molecule has 0 spiro atoms. The van der Waals surface area contributed by atoms with Crippen LogP contribution in [0.25, 0.3) is 21.5 Å². The fourth-order valence-corrected chi connectivity index (χ4v) is 3.97. The summed E-state index contributed by atoms with van der Waals surface area (Å²) in [7, 11) is 0. The van der Waals surface area contributed by atoms with Crippen molar-refractivity contribution < 1.29 is 27.9 Å². The molecule has 0 heterocycles. The molecule has 33 heavy (non-hydrogen) atoms. The third-order valence-electron chi connectivity index (χ3n) is 5.57. The van der Waals surface area contributed by atoms with Gasteiger partial charge in [-0.25, -0.2) is 4.79 Å². The van der Waals surface area contributed by atoms with Crippen LogP contribution >= 0.6 is 0 Å². The van der Waals surface area contributed by atoms with E-state index in [1.807, 2.05) is 54.6 Å². The molecule has 0 aliphatic rings. The van der Waals surface area contributed by atoms with E-state index in [1.54, 1.807) is 0 Å². The highest BCUT2D eigenvalue weighted by Crippen LogP contribution is 2.30. The van der Waals surface area contributed by atoms with Gasteiger partial charge >= 0.3 is 12.1 Å². The highest BCUT2D eigenvalue weighted by molar-refractivity contribution is 6.02. The molecule has 0 saturated heterocycles. The Hall–Kier alpha value is -3.87. The third kappa shape index (κ3) is 4.98. The molecular formula is C26H20F3NO3. The van der Waals surface area contributed by atoms with E-state index in [0.717, 1.165) is 39.2 Å². The van der Waals surface area contributed by atoms with Gasteiger partial charge in [-0.3, -0.25) is 4.79 Å². The van der Waals surface area contributed by atoms with Crippen LogP contribution in [0.4, 0.5) is 13.2 Å². The summed E-state index contributed by atoms with van der Waals surface area (Å²) < 4.78 is 38.2. The third-order valence-corrected chi connectivity index (χ3v) is 5.57. The number of amides is 1. The summed E-state index contributed by atoms with van der Waals surface area (Å²) in [6, 6.07) is 20.4. The molecule has 4 aromatic rings. The van der Waals surface area contributed by atoms with Gasteiger partial charge in [0.25, 0.3) is 0 Å². The lowest BCUT2D eigenvalue weighted by Crippen LogP contribution is -2.43. The minimum atomic E-state index is -4.46. The highest BCUT2D eigenvalue weighted by Gasteiger charge is 2.30. The zero-order valence-corrected chi connectivity index (χ0v) is 17.4. The number of carbonyl (C=O) groups is 2. The lowest BCUT2D eigenvalue weighted by atomic mass is 9.92. The maximum absolute atomic E-state index is 12.7. The molecule has 1 atom stereocenters. The molecule has 0 fully saturated rings. The van der Waals surface area contributed by atoms with Crippen LogP contribution in [0.3, 0.4) is 0 Å². The first-order valence-corrected chi connectivity index (χ1v) is 10.3. The van der Waals surface area contributed by atoms with Crippen LogP contribution in [0, 0.1) is 0 Å². The topological polar surface area (TPSA) is 66.4 Å². The first kappa shape index (κ1) is 22.3. The van der Waals surface area contributed by atoms with Gasteiger partial charge in [0.15, 0.2) is 0 Å². The highest BCUT2D eigenvalue weighted by atomic mass is 19.4. The molecular weight excluding hydrogens is 431 g/mol. The van der Waals surface area contributed by atoms with Crippen molar-refractivity contribution in [3.63, 3.8) is 0 Å². The van der Waals surface area contributed by atoms with Crippen LogP contribution in [0.1, 0.15) is 16.7 Å². The number of hydrogen-bond donors (Lipinski definition) is 2. The number of aliphatic carboxylic acids is 1. The fourth-order valence-electron chi connectivity index (χ4n) is 3.97. The molecule has 4 rings (SSSR count). The molecule has 4 nitrogen and oxygen atoms in total. The van der Waals surface area contributed by atoms with Crippen LogP contribution in [0.15, 0.2) is 78.9 Å². The minimum absolute atomic E-state index is 0.0654. The summed E-state index contributed by atoms with van der Waals surface area (Å²) in [6.07, 6.45) is -4.62. The average Bonchev–Trinajstić information content (AvgIpc) is 2.78. The summed E-state index contributed by atoms with van der Waals surface area (Å²) in [5.74, 6) is -1.76. The molecule has 0 bridgehead atoms. The summed E-state index contributed by atoms with van der Waals surface area (Å²) in [5, 5.41) is 16.0. The van der Waals surface area contributed by atoms with Crippen LogP contribution < -0.4 is 5.32 Å². The van der Waals surface area contributed by atoms with E-state index < -0.39 is 29.7 Å². The normalized spacial score (nSPS) is 12.6. The number of nitrogens with one attached hydrogen (secondary N) is 1. The number of carbonyl (C=O) groups excluding carboxylic acids is 1. The predicted octanol–water partition coefficient (Wildman–Crippen LogP) is 5.37. The van der Waals surface area contributed by atoms with E-state index in [2.05, 4.69) is 5.32 Å². The zero-order chi connectivity index (χ0) is 23.6. The number of alkyl halides is 3. The second kappa shape index (κ2) is 8.94. The Kier molecular flexibility index (Phi) is 6.05. The van der Waals surface area contributed by atoms with Crippen molar-refractivity contribution in [1.29, 1.82) is 0 Å². The number of halogens is 3. The van der Waals surface area contributed by atoms with Crippen molar-refractivity contribution in [2.45, 2.75) is 25.1 Å². The van der Waals surface area contributed by atoms with Crippen LogP contribution in [-0.2, 0) is 28.6 Å². The predicted molar refractivity (Wildman–Crippen MR) is 120 cm³/mol. The maximum Gasteiger partial charge on any atom is 0.416 e. The summed E-state index contributed by atoms with van der Waals surface area (Å²) in [6.45, 7) is 0. The smallest absolute Gasteiger partial charge is 0.416 e. The number of rotatable bonds is 6. The van der Waals surface area contributed by atoms with Gasteiger partial charge < -0.3 is 10.4 Å². The van der Waals surface area contributed by atoms with Gasteiger partial charge in [0, 0.05) is 6.42 Å². The number of benzene rings is 4. The van der Waals surface area contributed by atoms with Crippen molar-refractivity contribution in [3.05, 3.63) is 95.6 Å². The van der Waals surface area contributed by atoms with E-state index in [1.165, 1.54) is 12.1 Å². The van der Waals surface area contributed by atoms with Gasteiger partial charge in [-0.15, -0.1) is 0 Å². The summed E-state index contributed by atoms with van der Waals surface area (Å²) in [4.78, 5) is 24.5. The average molecular weight is 451 g/mol. The monoisotopic (exact) mass is 451 g/mol. The van der Waals surface area contributed by atoms with E-state index >= 15 is 0 Å². The Labute approximate surface area is 187 Å². The van der Waals surface area contributed by atoms with Gasteiger partial charge in [-0.05, 0) is 50.9 Å². The van der Waals surface area contributed by atoms with Gasteiger partial charge in [-0.1, -0.05) is 60.7 Å². The molecule has 0 unspecified atom stereocenters. The quantitative estimate of drug-likeness (QED) is 0.388. The van der Waals surface area contributed by atoms with E-state index in [9.17, 15) is 27.9 Å². The first-order chi connectivity index (χ1) is 15.7. The molecule has 4 aromatic carbocycles. The van der Waals surface area contributed by atoms with Gasteiger partial charge in [0.1, 0.15) is 6.04 Å². The van der Waals surface area contributed by atoms with Crippen molar-refractivity contribution in [3.8, 4) is 0 Å². The van der Waals surface area contributed by atoms with Crippen LogP contribution in [0.5, 0.6) is 0 Å². The molecule has 0 aliphatic heterocycles. The van der Waals surface area contributed by atoms with Crippen molar-refractivity contribution >= 4 is 33.4 Å². The fraction of sp³-hybridized carbons (Fsp3) is 0.154. The van der Waals surface area contributed by atoms with E-state index in [-0.39, 0.29) is 12.8 Å². The lowest BCUT2D eigenvalue weighted by molar-refractivity contribution is -0.141. The molecule has 2 N–H and O–H groups in total. The molecule has 1 amide bonds. The molecule has 168 valence electrons. The number of fused-ring (bicyclic) bond motifs is 2. The first-order valence-electron chi connectivity index (χ1n) is 10.3. The zero-order valence-electron chi connectivity index (χ0n) is 17.4. The van der Waals surface area contributed by atoms with Gasteiger partial charge in [0.2, 0.25) is 5.91 Å². The van der Waals surface area contributed by atoms with Gasteiger partial charge in [0.05, 0.1) is 12.0 Å². The SMILES string of the molecule is O=C(Cc1ccc(C(F)(F)F)cc1)N[C@@H](Cc1c2ccccc2cc2ccccc12)C(=O)O. The molecule has 7 heteroatoms. The largest absolute Gasteiger partial charge is 0.480 e. The second-order valence-electron chi connectivity index (χ2n) is 7.83. The van der Waals surface area contributed by atoms with Crippen molar-refractivity contribution in [2.24, 2.45) is 0 Å². The number of carboxylic acid groups (broad SMARTS) is 1. The van der Waals surface area contributed by atoms with Crippen LogP contribution in [0.2, 0.25) is 0 Å². The lowest BCUT2D eigenvalue weighted by Gasteiger charge is -2.18. The van der Waals surface area contributed by atoms with E-state index in [0.29, 0.717) is 5.56 Å². The Bertz CT molecular complexity index is 1280. The second-order valence-corrected chi connectivity index (χ2v) is 7.83. The van der Waals surface area contributed by atoms with Gasteiger partial charge in [-0.2, -0.15) is 13.2 Å². The molecule has 0 saturated carbocycles. The Morgan fingerprint density at radius 3 is 1.91 bits per heavy atom.